The molecule has 1 aromatic heterocycles. The van der Waals surface area contributed by atoms with Gasteiger partial charge in [0, 0.05) is 17.6 Å². The molecule has 1 aliphatic rings. The number of piperidine rings is 1. The van der Waals surface area contributed by atoms with E-state index in [9.17, 15) is 4.79 Å². The van der Waals surface area contributed by atoms with Crippen molar-refractivity contribution in [2.75, 3.05) is 18.4 Å². The van der Waals surface area contributed by atoms with E-state index in [0.717, 1.165) is 42.5 Å². The molecule has 0 saturated carbocycles. The molecular formula is C13H16N4O. The van der Waals surface area contributed by atoms with E-state index in [-0.39, 0.29) is 11.8 Å². The number of H-pyrrole nitrogens is 1. The Bertz CT molecular complexity index is 557. The molecule has 1 amide bonds. The smallest absolute Gasteiger partial charge is 0.228 e. The first kappa shape index (κ1) is 11.2. The Hall–Kier alpha value is -1.88. The third-order valence-corrected chi connectivity index (χ3v) is 3.38. The van der Waals surface area contributed by atoms with Gasteiger partial charge in [0.15, 0.2) is 0 Å². The molecule has 0 bridgehead atoms. The standard InChI is InChI=1S/C13H16N4O/c18-13(9-2-1-5-14-7-9)16-11-3-4-12-10(6-11)8-15-17-12/h3-4,6,8-9,14H,1-2,5,7H2,(H,15,17)(H,16,18)/t9-/m1/s1. The highest BCUT2D eigenvalue weighted by molar-refractivity contribution is 5.95. The summed E-state index contributed by atoms with van der Waals surface area (Å²) >= 11 is 0. The molecule has 1 atom stereocenters. The second-order valence-electron chi connectivity index (χ2n) is 4.70. The fraction of sp³-hybridized carbons (Fsp3) is 0.385. The topological polar surface area (TPSA) is 69.8 Å². The van der Waals surface area contributed by atoms with Crippen LogP contribution in [0.1, 0.15) is 12.8 Å². The number of rotatable bonds is 2. The van der Waals surface area contributed by atoms with Crippen LogP contribution in [-0.2, 0) is 4.79 Å². The number of hydrogen-bond acceptors (Lipinski definition) is 3. The van der Waals surface area contributed by atoms with Crippen LogP contribution in [0.2, 0.25) is 0 Å². The number of anilines is 1. The molecule has 2 aromatic rings. The average molecular weight is 244 g/mol. The van der Waals surface area contributed by atoms with E-state index in [0.29, 0.717) is 0 Å². The van der Waals surface area contributed by atoms with Gasteiger partial charge in [-0.1, -0.05) is 0 Å². The van der Waals surface area contributed by atoms with E-state index in [1.807, 2.05) is 18.2 Å². The molecule has 0 unspecified atom stereocenters. The molecule has 1 fully saturated rings. The molecule has 5 heteroatoms. The lowest BCUT2D eigenvalue weighted by molar-refractivity contribution is -0.120. The van der Waals surface area contributed by atoms with Crippen molar-refractivity contribution >= 4 is 22.5 Å². The molecule has 0 aliphatic carbocycles. The van der Waals surface area contributed by atoms with Crippen LogP contribution >= 0.6 is 0 Å². The number of hydrogen-bond donors (Lipinski definition) is 3. The van der Waals surface area contributed by atoms with Gasteiger partial charge in [0.05, 0.1) is 17.6 Å². The number of aromatic amines is 1. The van der Waals surface area contributed by atoms with Gasteiger partial charge in [-0.3, -0.25) is 9.89 Å². The predicted octanol–water partition coefficient (Wildman–Crippen LogP) is 1.50. The van der Waals surface area contributed by atoms with E-state index < -0.39 is 0 Å². The molecule has 18 heavy (non-hydrogen) atoms. The highest BCUT2D eigenvalue weighted by atomic mass is 16.1. The lowest BCUT2D eigenvalue weighted by atomic mass is 9.99. The van der Waals surface area contributed by atoms with Crippen molar-refractivity contribution < 1.29 is 4.79 Å². The van der Waals surface area contributed by atoms with Gasteiger partial charge in [0.2, 0.25) is 5.91 Å². The van der Waals surface area contributed by atoms with Crippen LogP contribution in [0.5, 0.6) is 0 Å². The summed E-state index contributed by atoms with van der Waals surface area (Å²) in [6.45, 7) is 1.80. The first-order valence-corrected chi connectivity index (χ1v) is 6.27. The van der Waals surface area contributed by atoms with Crippen molar-refractivity contribution in [3.8, 4) is 0 Å². The summed E-state index contributed by atoms with van der Waals surface area (Å²) in [5.74, 6) is 0.184. The Morgan fingerprint density at radius 1 is 1.44 bits per heavy atom. The van der Waals surface area contributed by atoms with E-state index >= 15 is 0 Å². The van der Waals surface area contributed by atoms with Gasteiger partial charge < -0.3 is 10.6 Å². The Kier molecular flexibility index (Phi) is 2.98. The Labute approximate surface area is 105 Å². The van der Waals surface area contributed by atoms with Crippen molar-refractivity contribution in [2.24, 2.45) is 5.92 Å². The fourth-order valence-corrected chi connectivity index (χ4v) is 2.34. The summed E-state index contributed by atoms with van der Waals surface area (Å²) in [6.07, 6.45) is 3.79. The van der Waals surface area contributed by atoms with Crippen LogP contribution < -0.4 is 10.6 Å². The molecule has 3 rings (SSSR count). The molecule has 0 radical (unpaired) electrons. The van der Waals surface area contributed by atoms with Crippen LogP contribution in [0.25, 0.3) is 10.9 Å². The van der Waals surface area contributed by atoms with Crippen LogP contribution in [0.3, 0.4) is 0 Å². The number of carbonyl (C=O) groups is 1. The highest BCUT2D eigenvalue weighted by Crippen LogP contribution is 2.18. The van der Waals surface area contributed by atoms with Crippen molar-refractivity contribution in [3.05, 3.63) is 24.4 Å². The minimum absolute atomic E-state index is 0.0822. The zero-order chi connectivity index (χ0) is 12.4. The summed E-state index contributed by atoms with van der Waals surface area (Å²) in [4.78, 5) is 12.1. The largest absolute Gasteiger partial charge is 0.326 e. The van der Waals surface area contributed by atoms with Crippen LogP contribution in [0.4, 0.5) is 5.69 Å². The maximum Gasteiger partial charge on any atom is 0.228 e. The number of nitrogens with zero attached hydrogens (tertiary/aromatic N) is 1. The maximum absolute atomic E-state index is 12.1. The minimum atomic E-state index is 0.0822. The number of benzene rings is 1. The summed E-state index contributed by atoms with van der Waals surface area (Å²) in [6, 6.07) is 5.76. The zero-order valence-corrected chi connectivity index (χ0v) is 10.1. The lowest BCUT2D eigenvalue weighted by Crippen LogP contribution is -2.37. The zero-order valence-electron chi connectivity index (χ0n) is 10.1. The second kappa shape index (κ2) is 4.78. The first-order chi connectivity index (χ1) is 8.83. The summed E-state index contributed by atoms with van der Waals surface area (Å²) in [5, 5.41) is 14.1. The van der Waals surface area contributed by atoms with Gasteiger partial charge in [-0.05, 0) is 37.6 Å². The van der Waals surface area contributed by atoms with Gasteiger partial charge in [-0.2, -0.15) is 5.10 Å². The molecular weight excluding hydrogens is 228 g/mol. The Balaban J connectivity index is 1.72. The lowest BCUT2D eigenvalue weighted by Gasteiger charge is -2.21. The van der Waals surface area contributed by atoms with Crippen molar-refractivity contribution in [1.29, 1.82) is 0 Å². The van der Waals surface area contributed by atoms with Crippen LogP contribution in [0, 0.1) is 5.92 Å². The van der Waals surface area contributed by atoms with E-state index in [1.165, 1.54) is 0 Å². The van der Waals surface area contributed by atoms with Crippen LogP contribution in [0.15, 0.2) is 24.4 Å². The number of nitrogens with one attached hydrogen (secondary N) is 3. The highest BCUT2D eigenvalue weighted by Gasteiger charge is 2.20. The molecule has 0 spiro atoms. The minimum Gasteiger partial charge on any atom is -0.326 e. The van der Waals surface area contributed by atoms with Crippen molar-refractivity contribution in [1.82, 2.24) is 15.5 Å². The molecule has 1 saturated heterocycles. The van der Waals surface area contributed by atoms with E-state index in [4.69, 9.17) is 0 Å². The second-order valence-corrected chi connectivity index (χ2v) is 4.70. The number of fused-ring (bicyclic) bond motifs is 1. The van der Waals surface area contributed by atoms with E-state index in [2.05, 4.69) is 20.8 Å². The number of amides is 1. The number of carbonyl (C=O) groups excluding carboxylic acids is 1. The monoisotopic (exact) mass is 244 g/mol. The van der Waals surface area contributed by atoms with Gasteiger partial charge in [-0.15, -0.1) is 0 Å². The quantitative estimate of drug-likeness (QED) is 0.749. The molecule has 3 N–H and O–H groups in total. The summed E-state index contributed by atoms with van der Waals surface area (Å²) in [5.41, 5.74) is 1.81. The molecule has 2 heterocycles. The summed E-state index contributed by atoms with van der Waals surface area (Å²) in [7, 11) is 0. The van der Waals surface area contributed by atoms with Crippen molar-refractivity contribution in [3.63, 3.8) is 0 Å². The average Bonchev–Trinajstić information content (AvgIpc) is 2.87. The normalized spacial score (nSPS) is 19.9. The van der Waals surface area contributed by atoms with Gasteiger partial charge in [0.1, 0.15) is 0 Å². The third-order valence-electron chi connectivity index (χ3n) is 3.38. The van der Waals surface area contributed by atoms with E-state index in [1.54, 1.807) is 6.20 Å². The fourth-order valence-electron chi connectivity index (χ4n) is 2.34. The Morgan fingerprint density at radius 3 is 3.22 bits per heavy atom. The SMILES string of the molecule is O=C(Nc1ccc2[nH]ncc2c1)[C@@H]1CCCNC1. The molecule has 5 nitrogen and oxygen atoms in total. The number of aromatic nitrogens is 2. The predicted molar refractivity (Wildman–Crippen MR) is 70.3 cm³/mol. The first-order valence-electron chi connectivity index (χ1n) is 6.27. The van der Waals surface area contributed by atoms with Gasteiger partial charge in [0.25, 0.3) is 0 Å². The summed E-state index contributed by atoms with van der Waals surface area (Å²) < 4.78 is 0. The maximum atomic E-state index is 12.1. The van der Waals surface area contributed by atoms with Crippen LogP contribution in [-0.4, -0.2) is 29.2 Å². The molecule has 1 aromatic carbocycles. The van der Waals surface area contributed by atoms with Crippen molar-refractivity contribution in [2.45, 2.75) is 12.8 Å². The molecule has 94 valence electrons. The third kappa shape index (κ3) is 2.22. The Morgan fingerprint density at radius 2 is 2.39 bits per heavy atom. The van der Waals surface area contributed by atoms with Gasteiger partial charge >= 0.3 is 0 Å². The van der Waals surface area contributed by atoms with Gasteiger partial charge in [-0.25, -0.2) is 0 Å². The molecule has 1 aliphatic heterocycles.